The molecule has 0 saturated heterocycles. The Bertz CT molecular complexity index is 587. The molecule has 2 aromatic carbocycles. The number of carbonyl (C=O) groups excluding carboxylic acids is 1. The summed E-state index contributed by atoms with van der Waals surface area (Å²) in [5, 5.41) is 3.33. The van der Waals surface area contributed by atoms with Crippen LogP contribution in [0, 0.1) is 0 Å². The van der Waals surface area contributed by atoms with E-state index in [9.17, 15) is 4.79 Å². The largest absolute Gasteiger partial charge is 0.508 e. The first-order chi connectivity index (χ1) is 10.3. The maximum Gasteiger partial charge on any atom is 0.508 e. The minimum Gasteiger partial charge on any atom is -0.432 e. The summed E-state index contributed by atoms with van der Waals surface area (Å²) in [6.07, 6.45) is 0.235. The molecular weight excluding hydrogens is 266 g/mol. The average Bonchev–Trinajstić information content (AvgIpc) is 2.95. The van der Waals surface area contributed by atoms with Crippen molar-refractivity contribution in [2.24, 2.45) is 0 Å². The second-order valence-corrected chi connectivity index (χ2v) is 5.04. The third kappa shape index (κ3) is 3.54. The zero-order valence-electron chi connectivity index (χ0n) is 11.6. The fourth-order valence-corrected chi connectivity index (χ4v) is 2.40. The third-order valence-corrected chi connectivity index (χ3v) is 3.45. The predicted molar refractivity (Wildman–Crippen MR) is 80.1 cm³/mol. The minimum atomic E-state index is -0.628. The van der Waals surface area contributed by atoms with Gasteiger partial charge in [-0.2, -0.15) is 0 Å². The molecule has 1 aliphatic rings. The Morgan fingerprint density at radius 2 is 1.81 bits per heavy atom. The van der Waals surface area contributed by atoms with Crippen LogP contribution in [0.15, 0.2) is 54.6 Å². The van der Waals surface area contributed by atoms with Crippen LogP contribution in [0.5, 0.6) is 0 Å². The molecule has 0 spiro atoms. The lowest BCUT2D eigenvalue weighted by molar-refractivity contribution is 0.0476. The van der Waals surface area contributed by atoms with Crippen LogP contribution in [0.2, 0.25) is 0 Å². The Morgan fingerprint density at radius 3 is 2.62 bits per heavy atom. The van der Waals surface area contributed by atoms with Gasteiger partial charge in [0.2, 0.25) is 0 Å². The Kier molecular flexibility index (Phi) is 4.05. The van der Waals surface area contributed by atoms with Crippen molar-refractivity contribution >= 4 is 11.8 Å². The van der Waals surface area contributed by atoms with Crippen molar-refractivity contribution in [3.63, 3.8) is 0 Å². The third-order valence-electron chi connectivity index (χ3n) is 3.45. The number of benzene rings is 2. The van der Waals surface area contributed by atoms with E-state index in [1.54, 1.807) is 0 Å². The number of nitrogens with one attached hydrogen (secondary N) is 1. The lowest BCUT2D eigenvalue weighted by atomic mass is 10.1. The van der Waals surface area contributed by atoms with Gasteiger partial charge < -0.3 is 14.8 Å². The molecule has 0 amide bonds. The highest BCUT2D eigenvalue weighted by Gasteiger charge is 2.21. The van der Waals surface area contributed by atoms with Crippen LogP contribution in [0.3, 0.4) is 0 Å². The molecule has 0 aromatic heterocycles. The maximum absolute atomic E-state index is 11.6. The number of para-hydroxylation sites is 1. The highest BCUT2D eigenvalue weighted by molar-refractivity contribution is 5.61. The predicted octanol–water partition coefficient (Wildman–Crippen LogP) is 3.38. The Balaban J connectivity index is 1.41. The fraction of sp³-hybridized carbons (Fsp3) is 0.235. The van der Waals surface area contributed by atoms with Gasteiger partial charge in [-0.1, -0.05) is 48.5 Å². The Labute approximate surface area is 123 Å². The lowest BCUT2D eigenvalue weighted by Crippen LogP contribution is -2.24. The number of carbonyl (C=O) groups is 1. The summed E-state index contributed by atoms with van der Waals surface area (Å²) in [6.45, 7) is 0.542. The molecule has 0 saturated carbocycles. The second kappa shape index (κ2) is 6.31. The van der Waals surface area contributed by atoms with Crippen LogP contribution in [-0.2, 0) is 22.5 Å². The molecule has 2 aromatic rings. The number of anilines is 1. The summed E-state index contributed by atoms with van der Waals surface area (Å²) >= 11 is 0. The second-order valence-electron chi connectivity index (χ2n) is 5.04. The van der Waals surface area contributed by atoms with E-state index < -0.39 is 6.16 Å². The van der Waals surface area contributed by atoms with Gasteiger partial charge in [-0.3, -0.25) is 0 Å². The number of hydrogen-bond donors (Lipinski definition) is 1. The topological polar surface area (TPSA) is 47.6 Å². The van der Waals surface area contributed by atoms with Crippen molar-refractivity contribution in [1.82, 2.24) is 0 Å². The van der Waals surface area contributed by atoms with E-state index in [1.807, 2.05) is 48.5 Å². The number of fused-ring (bicyclic) bond motifs is 1. The van der Waals surface area contributed by atoms with Crippen LogP contribution in [0.25, 0.3) is 0 Å². The molecule has 21 heavy (non-hydrogen) atoms. The highest BCUT2D eigenvalue weighted by Crippen LogP contribution is 2.25. The van der Waals surface area contributed by atoms with Crippen LogP contribution >= 0.6 is 0 Å². The summed E-state index contributed by atoms with van der Waals surface area (Å²) in [4.78, 5) is 11.6. The van der Waals surface area contributed by atoms with E-state index >= 15 is 0 Å². The highest BCUT2D eigenvalue weighted by atomic mass is 16.7. The summed E-state index contributed by atoms with van der Waals surface area (Å²) in [5.41, 5.74) is 3.31. The van der Waals surface area contributed by atoms with Crippen molar-refractivity contribution < 1.29 is 14.3 Å². The van der Waals surface area contributed by atoms with E-state index in [1.165, 1.54) is 5.56 Å². The summed E-state index contributed by atoms with van der Waals surface area (Å²) in [6, 6.07) is 17.8. The first-order valence-electron chi connectivity index (χ1n) is 6.99. The van der Waals surface area contributed by atoms with Crippen LogP contribution in [0.1, 0.15) is 11.1 Å². The zero-order valence-corrected chi connectivity index (χ0v) is 11.6. The maximum atomic E-state index is 11.6. The summed E-state index contributed by atoms with van der Waals surface area (Å²) in [7, 11) is 0. The molecule has 1 N–H and O–H groups in total. The molecule has 4 heteroatoms. The zero-order chi connectivity index (χ0) is 14.5. The minimum absolute atomic E-state index is 0.117. The molecule has 0 fully saturated rings. The lowest BCUT2D eigenvalue weighted by Gasteiger charge is -2.12. The molecule has 0 radical (unpaired) electrons. The molecule has 4 nitrogen and oxygen atoms in total. The van der Waals surface area contributed by atoms with Crippen LogP contribution in [-0.4, -0.2) is 18.8 Å². The van der Waals surface area contributed by atoms with Gasteiger partial charge in [0.05, 0.1) is 6.04 Å². The van der Waals surface area contributed by atoms with Gasteiger partial charge in [0.25, 0.3) is 0 Å². The van der Waals surface area contributed by atoms with Crippen molar-refractivity contribution in [1.29, 1.82) is 0 Å². The van der Waals surface area contributed by atoms with E-state index in [-0.39, 0.29) is 12.6 Å². The molecule has 1 heterocycles. The van der Waals surface area contributed by atoms with E-state index in [2.05, 4.69) is 11.4 Å². The monoisotopic (exact) mass is 283 g/mol. The molecular formula is C17H17NO3. The van der Waals surface area contributed by atoms with E-state index in [4.69, 9.17) is 9.47 Å². The van der Waals surface area contributed by atoms with Crippen molar-refractivity contribution in [2.75, 3.05) is 11.9 Å². The molecule has 1 aliphatic heterocycles. The van der Waals surface area contributed by atoms with Crippen LogP contribution < -0.4 is 5.32 Å². The average molecular weight is 283 g/mol. The number of hydrogen-bond acceptors (Lipinski definition) is 4. The van der Waals surface area contributed by atoms with Crippen molar-refractivity contribution in [3.8, 4) is 0 Å². The molecule has 1 atom stereocenters. The number of rotatable bonds is 4. The van der Waals surface area contributed by atoms with Gasteiger partial charge in [0.1, 0.15) is 13.2 Å². The van der Waals surface area contributed by atoms with Crippen molar-refractivity contribution in [2.45, 2.75) is 19.1 Å². The SMILES string of the molecule is O=C(OCc1ccccc1)OCC1Cc2ccccc2N1. The Morgan fingerprint density at radius 1 is 1.05 bits per heavy atom. The fourth-order valence-electron chi connectivity index (χ4n) is 2.40. The standard InChI is InChI=1S/C17H17NO3/c19-17(20-11-13-6-2-1-3-7-13)21-12-15-10-14-8-4-5-9-16(14)18-15/h1-9,15,18H,10-12H2. The molecule has 0 bridgehead atoms. The van der Waals surface area contributed by atoms with E-state index in [0.717, 1.165) is 17.7 Å². The summed E-state index contributed by atoms with van der Waals surface area (Å²) < 4.78 is 10.2. The molecule has 1 unspecified atom stereocenters. The first kappa shape index (κ1) is 13.5. The van der Waals surface area contributed by atoms with Gasteiger partial charge in [-0.25, -0.2) is 4.79 Å². The molecule has 108 valence electrons. The smallest absolute Gasteiger partial charge is 0.432 e. The normalized spacial score (nSPS) is 15.9. The van der Waals surface area contributed by atoms with Gasteiger partial charge >= 0.3 is 6.16 Å². The van der Waals surface area contributed by atoms with Gasteiger partial charge in [-0.05, 0) is 23.6 Å². The summed E-state index contributed by atoms with van der Waals surface area (Å²) in [5.74, 6) is 0. The molecule has 0 aliphatic carbocycles. The first-order valence-corrected chi connectivity index (χ1v) is 6.99. The van der Waals surface area contributed by atoms with Gasteiger partial charge in [-0.15, -0.1) is 0 Å². The number of ether oxygens (including phenoxy) is 2. The Hall–Kier alpha value is -2.49. The van der Waals surface area contributed by atoms with Gasteiger partial charge in [0, 0.05) is 5.69 Å². The van der Waals surface area contributed by atoms with Crippen LogP contribution in [0.4, 0.5) is 10.5 Å². The van der Waals surface area contributed by atoms with Crippen molar-refractivity contribution in [3.05, 3.63) is 65.7 Å². The van der Waals surface area contributed by atoms with E-state index in [0.29, 0.717) is 6.61 Å². The van der Waals surface area contributed by atoms with Gasteiger partial charge in [0.15, 0.2) is 0 Å². The quantitative estimate of drug-likeness (QED) is 0.874. The molecule has 3 rings (SSSR count).